The Bertz CT molecular complexity index is 645. The highest BCUT2D eigenvalue weighted by Gasteiger charge is 2.14. The summed E-state index contributed by atoms with van der Waals surface area (Å²) in [5.74, 6) is -1.90. The lowest BCUT2D eigenvalue weighted by Crippen LogP contribution is -2.15. The van der Waals surface area contributed by atoms with Gasteiger partial charge in [0.25, 0.3) is 0 Å². The molecule has 0 aliphatic carbocycles. The number of hydrogen-bond donors (Lipinski definition) is 1. The summed E-state index contributed by atoms with van der Waals surface area (Å²) in [5, 5.41) is 10.2. The number of amides is 1. The Morgan fingerprint density at radius 2 is 2.10 bits per heavy atom. The summed E-state index contributed by atoms with van der Waals surface area (Å²) in [4.78, 5) is 11.8. The van der Waals surface area contributed by atoms with Crippen LogP contribution in [0.5, 0.6) is 0 Å². The van der Waals surface area contributed by atoms with Gasteiger partial charge >= 0.3 is 0 Å². The second-order valence-corrected chi connectivity index (χ2v) is 7.73. The molecule has 21 heavy (non-hydrogen) atoms. The molecule has 0 saturated heterocycles. The maximum Gasteiger partial charge on any atom is 0.234 e. The van der Waals surface area contributed by atoms with Crippen LogP contribution in [-0.4, -0.2) is 28.1 Å². The molecule has 10 heteroatoms. The highest BCUT2D eigenvalue weighted by Crippen LogP contribution is 2.29. The number of aromatic nitrogens is 2. The molecule has 1 heterocycles. The van der Waals surface area contributed by atoms with Crippen molar-refractivity contribution in [2.45, 2.75) is 8.68 Å². The van der Waals surface area contributed by atoms with Crippen molar-refractivity contribution in [2.75, 3.05) is 17.3 Å². The Morgan fingerprint density at radius 1 is 1.38 bits per heavy atom. The maximum absolute atomic E-state index is 13.6. The Morgan fingerprint density at radius 3 is 2.71 bits per heavy atom. The molecule has 0 atom stereocenters. The van der Waals surface area contributed by atoms with E-state index < -0.39 is 17.5 Å². The third kappa shape index (κ3) is 4.63. The predicted molar refractivity (Wildman–Crippen MR) is 85.1 cm³/mol. The average molecular weight is 412 g/mol. The summed E-state index contributed by atoms with van der Waals surface area (Å²) in [6, 6.07) is 1.80. The van der Waals surface area contributed by atoms with Gasteiger partial charge in [-0.15, -0.1) is 10.2 Å². The Balaban J connectivity index is 1.96. The number of thioether (sulfide) groups is 2. The summed E-state index contributed by atoms with van der Waals surface area (Å²) in [6.45, 7) is 0. The first-order chi connectivity index (χ1) is 9.99. The smallest absolute Gasteiger partial charge is 0.234 e. The standard InChI is InChI=1S/C11H8BrF2N3OS3/c1-19-10-16-17-11(21-10)20-4-8(18)15-9-6(12)2-5(13)3-7(9)14/h2-3H,4H2,1H3,(H,15,18). The zero-order valence-corrected chi connectivity index (χ0v) is 14.6. The van der Waals surface area contributed by atoms with E-state index >= 15 is 0 Å². The van der Waals surface area contributed by atoms with Crippen molar-refractivity contribution in [3.8, 4) is 0 Å². The van der Waals surface area contributed by atoms with Crippen LogP contribution in [0.2, 0.25) is 0 Å². The van der Waals surface area contributed by atoms with Crippen LogP contribution in [0.4, 0.5) is 14.5 Å². The molecule has 1 N–H and O–H groups in total. The van der Waals surface area contributed by atoms with E-state index in [2.05, 4.69) is 31.4 Å². The second kappa shape index (κ2) is 7.52. The normalized spacial score (nSPS) is 10.7. The van der Waals surface area contributed by atoms with Gasteiger partial charge in [0.05, 0.1) is 11.4 Å². The molecular formula is C11H8BrF2N3OS3. The van der Waals surface area contributed by atoms with E-state index in [1.807, 2.05) is 6.26 Å². The molecule has 0 unspecified atom stereocenters. The van der Waals surface area contributed by atoms with Crippen molar-refractivity contribution in [1.82, 2.24) is 10.2 Å². The number of anilines is 1. The van der Waals surface area contributed by atoms with Gasteiger partial charge in [0, 0.05) is 10.5 Å². The molecular weight excluding hydrogens is 404 g/mol. The molecule has 4 nitrogen and oxygen atoms in total. The zero-order valence-electron chi connectivity index (χ0n) is 10.5. The number of carbonyl (C=O) groups excluding carboxylic acids is 1. The van der Waals surface area contributed by atoms with Crippen LogP contribution in [0.3, 0.4) is 0 Å². The van der Waals surface area contributed by atoms with Crippen LogP contribution in [-0.2, 0) is 4.79 Å². The minimum absolute atomic E-state index is 0.0618. The number of hydrogen-bond acceptors (Lipinski definition) is 6. The fourth-order valence-electron chi connectivity index (χ4n) is 1.30. The van der Waals surface area contributed by atoms with Crippen molar-refractivity contribution < 1.29 is 13.6 Å². The van der Waals surface area contributed by atoms with Crippen molar-refractivity contribution >= 4 is 62.4 Å². The summed E-state index contributed by atoms with van der Waals surface area (Å²) in [6.07, 6.45) is 1.89. The van der Waals surface area contributed by atoms with Gasteiger partial charge in [-0.3, -0.25) is 4.79 Å². The molecule has 0 aliphatic rings. The molecule has 0 fully saturated rings. The molecule has 2 rings (SSSR count). The van der Waals surface area contributed by atoms with Gasteiger partial charge in [-0.1, -0.05) is 34.9 Å². The van der Waals surface area contributed by atoms with Crippen LogP contribution < -0.4 is 5.32 Å². The summed E-state index contributed by atoms with van der Waals surface area (Å²) in [5.41, 5.74) is -0.0796. The molecule has 2 aromatic rings. The molecule has 1 aromatic heterocycles. The third-order valence-electron chi connectivity index (χ3n) is 2.16. The summed E-state index contributed by atoms with van der Waals surface area (Å²) < 4.78 is 28.1. The highest BCUT2D eigenvalue weighted by atomic mass is 79.9. The molecule has 0 spiro atoms. The number of rotatable bonds is 5. The van der Waals surface area contributed by atoms with E-state index in [0.717, 1.165) is 10.4 Å². The average Bonchev–Trinajstić information content (AvgIpc) is 2.88. The molecule has 0 saturated carbocycles. The van der Waals surface area contributed by atoms with Gasteiger partial charge < -0.3 is 5.32 Å². The van der Waals surface area contributed by atoms with Gasteiger partial charge in [-0.05, 0) is 28.3 Å². The first kappa shape index (κ1) is 16.7. The van der Waals surface area contributed by atoms with Crippen molar-refractivity contribution in [3.05, 3.63) is 28.2 Å². The molecule has 112 valence electrons. The number of carbonyl (C=O) groups is 1. The van der Waals surface area contributed by atoms with Crippen LogP contribution in [0.25, 0.3) is 0 Å². The molecule has 0 radical (unpaired) electrons. The SMILES string of the molecule is CSc1nnc(SCC(=O)Nc2c(F)cc(F)cc2Br)s1. The minimum Gasteiger partial charge on any atom is -0.322 e. The van der Waals surface area contributed by atoms with Crippen LogP contribution >= 0.6 is 50.8 Å². The Hall–Kier alpha value is -0.710. The number of halogens is 3. The quantitative estimate of drug-likeness (QED) is 0.752. The van der Waals surface area contributed by atoms with Crippen molar-refractivity contribution in [2.24, 2.45) is 0 Å². The highest BCUT2D eigenvalue weighted by molar-refractivity contribution is 9.10. The Kier molecular flexibility index (Phi) is 5.97. The van der Waals surface area contributed by atoms with Gasteiger partial charge in [0.15, 0.2) is 14.5 Å². The van der Waals surface area contributed by atoms with E-state index in [1.165, 1.54) is 34.9 Å². The van der Waals surface area contributed by atoms with E-state index in [9.17, 15) is 13.6 Å². The fraction of sp³-hybridized carbons (Fsp3) is 0.182. The monoisotopic (exact) mass is 411 g/mol. The van der Waals surface area contributed by atoms with Gasteiger partial charge in [-0.2, -0.15) is 0 Å². The zero-order chi connectivity index (χ0) is 15.4. The molecule has 0 aliphatic heterocycles. The number of benzene rings is 1. The maximum atomic E-state index is 13.6. The van der Waals surface area contributed by atoms with Crippen LogP contribution in [0, 0.1) is 11.6 Å². The molecule has 1 amide bonds. The third-order valence-corrected chi connectivity index (χ3v) is 5.82. The van der Waals surface area contributed by atoms with Crippen molar-refractivity contribution in [3.63, 3.8) is 0 Å². The fourth-order valence-corrected chi connectivity index (χ4v) is 4.05. The lowest BCUT2D eigenvalue weighted by molar-refractivity contribution is -0.113. The first-order valence-corrected chi connectivity index (χ1v) is 9.26. The number of nitrogens with zero attached hydrogens (tertiary/aromatic N) is 2. The lowest BCUT2D eigenvalue weighted by Gasteiger charge is -2.08. The van der Waals surface area contributed by atoms with Crippen molar-refractivity contribution in [1.29, 1.82) is 0 Å². The summed E-state index contributed by atoms with van der Waals surface area (Å²) in [7, 11) is 0. The van der Waals surface area contributed by atoms with E-state index in [-0.39, 0.29) is 15.9 Å². The summed E-state index contributed by atoms with van der Waals surface area (Å²) >= 11 is 7.07. The van der Waals surface area contributed by atoms with E-state index in [0.29, 0.717) is 10.4 Å². The van der Waals surface area contributed by atoms with E-state index in [4.69, 9.17) is 0 Å². The molecule has 1 aromatic carbocycles. The van der Waals surface area contributed by atoms with E-state index in [1.54, 1.807) is 0 Å². The number of nitrogens with one attached hydrogen (secondary N) is 1. The second-order valence-electron chi connectivity index (χ2n) is 3.62. The predicted octanol–water partition coefficient (Wildman–Crippen LogP) is 4.03. The topological polar surface area (TPSA) is 54.9 Å². The minimum atomic E-state index is -0.833. The lowest BCUT2D eigenvalue weighted by atomic mass is 10.3. The largest absolute Gasteiger partial charge is 0.322 e. The first-order valence-electron chi connectivity index (χ1n) is 5.44. The van der Waals surface area contributed by atoms with Gasteiger partial charge in [0.1, 0.15) is 5.82 Å². The van der Waals surface area contributed by atoms with Crippen LogP contribution in [0.15, 0.2) is 25.3 Å². The van der Waals surface area contributed by atoms with Gasteiger partial charge in [0.2, 0.25) is 5.91 Å². The van der Waals surface area contributed by atoms with Crippen LogP contribution in [0.1, 0.15) is 0 Å². The Labute approximate surface area is 140 Å². The van der Waals surface area contributed by atoms with Gasteiger partial charge in [-0.25, -0.2) is 8.78 Å². The molecule has 0 bridgehead atoms.